The minimum atomic E-state index is -0.285. The van der Waals surface area contributed by atoms with Crippen LogP contribution < -0.4 is 10.9 Å². The van der Waals surface area contributed by atoms with Crippen LogP contribution in [0.1, 0.15) is 16.8 Å². The minimum Gasteiger partial charge on any atom is -0.346 e. The highest BCUT2D eigenvalue weighted by molar-refractivity contribution is 6.05. The molecule has 3 rings (SSSR count). The van der Waals surface area contributed by atoms with Gasteiger partial charge in [0.25, 0.3) is 5.91 Å². The largest absolute Gasteiger partial charge is 0.346 e. The van der Waals surface area contributed by atoms with Crippen molar-refractivity contribution in [2.45, 2.75) is 6.42 Å². The normalized spacial score (nSPS) is 13.3. The number of nitrogens with two attached hydrogens (primary N) is 1. The summed E-state index contributed by atoms with van der Waals surface area (Å²) in [6.07, 6.45) is 5.83. The first-order chi connectivity index (χ1) is 12.1. The van der Waals surface area contributed by atoms with Gasteiger partial charge < -0.3 is 4.90 Å². The van der Waals surface area contributed by atoms with E-state index in [4.69, 9.17) is 5.84 Å². The molecule has 1 aliphatic rings. The van der Waals surface area contributed by atoms with Crippen LogP contribution in [-0.2, 0) is 4.79 Å². The van der Waals surface area contributed by atoms with Gasteiger partial charge in [-0.2, -0.15) is 0 Å². The van der Waals surface area contributed by atoms with Gasteiger partial charge in [-0.3, -0.25) is 9.59 Å². The van der Waals surface area contributed by atoms with Crippen LogP contribution in [0.4, 0.5) is 5.69 Å². The Hall–Kier alpha value is -3.18. The molecule has 1 aliphatic heterocycles. The first-order valence-electron chi connectivity index (χ1n) is 8.01. The average molecular weight is 333 g/mol. The van der Waals surface area contributed by atoms with E-state index < -0.39 is 0 Å². The summed E-state index contributed by atoms with van der Waals surface area (Å²) in [5, 5.41) is 1.13. The maximum atomic E-state index is 12.6. The Balaban J connectivity index is 1.70. The summed E-state index contributed by atoms with van der Waals surface area (Å²) in [5.74, 6) is 5.64. The first-order valence-corrected chi connectivity index (χ1v) is 8.01. The van der Waals surface area contributed by atoms with Crippen molar-refractivity contribution in [2.75, 3.05) is 11.6 Å². The monoisotopic (exact) mass is 333 g/mol. The molecule has 0 saturated carbocycles. The fourth-order valence-electron chi connectivity index (χ4n) is 2.59. The van der Waals surface area contributed by atoms with Gasteiger partial charge in [0.15, 0.2) is 5.78 Å². The van der Waals surface area contributed by atoms with Crippen molar-refractivity contribution in [1.29, 1.82) is 0 Å². The van der Waals surface area contributed by atoms with Crippen LogP contribution >= 0.6 is 0 Å². The van der Waals surface area contributed by atoms with Crippen LogP contribution in [0, 0.1) is 0 Å². The van der Waals surface area contributed by atoms with Crippen LogP contribution in [-0.4, -0.2) is 23.1 Å². The van der Waals surface area contributed by atoms with E-state index in [9.17, 15) is 9.59 Å². The Kier molecular flexibility index (Phi) is 5.06. The second kappa shape index (κ2) is 7.59. The fraction of sp³-hybridized carbons (Fsp3) is 0.100. The van der Waals surface area contributed by atoms with Crippen molar-refractivity contribution < 1.29 is 9.59 Å². The van der Waals surface area contributed by atoms with Crippen LogP contribution in [0.5, 0.6) is 0 Å². The molecule has 2 aromatic carbocycles. The molecule has 0 unspecified atom stereocenters. The van der Waals surface area contributed by atoms with Gasteiger partial charge in [0.1, 0.15) is 0 Å². The highest BCUT2D eigenvalue weighted by Crippen LogP contribution is 2.18. The number of hydrogen-bond donors (Lipinski definition) is 1. The molecular formula is C20H19N3O2. The van der Waals surface area contributed by atoms with Gasteiger partial charge in [0.2, 0.25) is 0 Å². The van der Waals surface area contributed by atoms with E-state index >= 15 is 0 Å². The zero-order chi connectivity index (χ0) is 17.6. The molecule has 1 amide bonds. The van der Waals surface area contributed by atoms with Gasteiger partial charge in [-0.1, -0.05) is 54.6 Å². The van der Waals surface area contributed by atoms with E-state index in [0.29, 0.717) is 23.2 Å². The number of rotatable bonds is 5. The second-order valence-corrected chi connectivity index (χ2v) is 5.72. The Morgan fingerprint density at radius 1 is 1.00 bits per heavy atom. The molecule has 0 radical (unpaired) electrons. The fourth-order valence-corrected chi connectivity index (χ4v) is 2.59. The van der Waals surface area contributed by atoms with Gasteiger partial charge in [0, 0.05) is 23.5 Å². The van der Waals surface area contributed by atoms with Crippen molar-refractivity contribution >= 4 is 17.4 Å². The second-order valence-electron chi connectivity index (χ2n) is 5.72. The van der Waals surface area contributed by atoms with Gasteiger partial charge in [-0.05, 0) is 18.6 Å². The third-order valence-electron chi connectivity index (χ3n) is 3.91. The number of carbonyl (C=O) groups is 2. The van der Waals surface area contributed by atoms with Crippen LogP contribution in [0.2, 0.25) is 0 Å². The van der Waals surface area contributed by atoms with Gasteiger partial charge >= 0.3 is 0 Å². The lowest BCUT2D eigenvalue weighted by Crippen LogP contribution is -2.39. The molecule has 25 heavy (non-hydrogen) atoms. The number of anilines is 1. The van der Waals surface area contributed by atoms with E-state index in [1.807, 2.05) is 42.5 Å². The number of allylic oxidation sites excluding steroid dienone is 1. The van der Waals surface area contributed by atoms with E-state index in [2.05, 4.69) is 0 Å². The van der Waals surface area contributed by atoms with E-state index in [1.54, 1.807) is 41.6 Å². The lowest BCUT2D eigenvalue weighted by Gasteiger charge is -2.23. The van der Waals surface area contributed by atoms with E-state index in [1.165, 1.54) is 0 Å². The first kappa shape index (κ1) is 16.7. The lowest BCUT2D eigenvalue weighted by atomic mass is 10.1. The maximum absolute atomic E-state index is 12.6. The third kappa shape index (κ3) is 4.02. The molecule has 0 aromatic heterocycles. The summed E-state index contributed by atoms with van der Waals surface area (Å²) in [4.78, 5) is 26.6. The number of nitrogens with zero attached hydrogens (tertiary/aromatic N) is 2. The molecule has 5 heteroatoms. The number of hydrazine groups is 1. The van der Waals surface area contributed by atoms with Crippen LogP contribution in [0.3, 0.4) is 0 Å². The summed E-state index contributed by atoms with van der Waals surface area (Å²) >= 11 is 0. The summed E-state index contributed by atoms with van der Waals surface area (Å²) in [6.45, 7) is 0.174. The summed E-state index contributed by atoms with van der Waals surface area (Å²) < 4.78 is 0. The molecular weight excluding hydrogens is 314 g/mol. The lowest BCUT2D eigenvalue weighted by molar-refractivity contribution is -0.115. The summed E-state index contributed by atoms with van der Waals surface area (Å²) in [7, 11) is 0. The maximum Gasteiger partial charge on any atom is 0.270 e. The number of Topliss-reactive ketones (excluding diaryl/α,β-unsaturated/α-hetero) is 1. The Morgan fingerprint density at radius 2 is 1.64 bits per heavy atom. The highest BCUT2D eigenvalue weighted by atomic mass is 16.2. The number of amides is 1. The van der Waals surface area contributed by atoms with Crippen LogP contribution in [0.15, 0.2) is 84.7 Å². The third-order valence-corrected chi connectivity index (χ3v) is 3.91. The van der Waals surface area contributed by atoms with Gasteiger partial charge in [-0.15, -0.1) is 0 Å². The van der Waals surface area contributed by atoms with Crippen molar-refractivity contribution in [3.63, 3.8) is 0 Å². The van der Waals surface area contributed by atoms with Gasteiger partial charge in [0.05, 0.1) is 12.2 Å². The van der Waals surface area contributed by atoms with E-state index in [0.717, 1.165) is 5.01 Å². The number of benzene rings is 2. The molecule has 0 fully saturated rings. The van der Waals surface area contributed by atoms with Crippen molar-refractivity contribution in [2.24, 2.45) is 5.84 Å². The van der Waals surface area contributed by atoms with Crippen molar-refractivity contribution in [1.82, 2.24) is 4.90 Å². The highest BCUT2D eigenvalue weighted by Gasteiger charge is 2.20. The van der Waals surface area contributed by atoms with Crippen molar-refractivity contribution in [3.05, 3.63) is 90.3 Å². The summed E-state index contributed by atoms with van der Waals surface area (Å²) in [6, 6.07) is 18.1. The molecule has 0 spiro atoms. The molecule has 5 nitrogen and oxygen atoms in total. The predicted octanol–water partition coefficient (Wildman–Crippen LogP) is 2.88. The molecule has 0 bridgehead atoms. The Morgan fingerprint density at radius 3 is 2.32 bits per heavy atom. The minimum absolute atomic E-state index is 0.0112. The molecule has 1 heterocycles. The number of ketones is 1. The predicted molar refractivity (Wildman–Crippen MR) is 97.4 cm³/mol. The molecule has 0 saturated heterocycles. The van der Waals surface area contributed by atoms with Gasteiger partial charge in [-0.25, -0.2) is 10.9 Å². The quantitative estimate of drug-likeness (QED) is 0.395. The van der Waals surface area contributed by atoms with Crippen molar-refractivity contribution in [3.8, 4) is 0 Å². The molecule has 2 N–H and O–H groups in total. The zero-order valence-electron chi connectivity index (χ0n) is 13.7. The van der Waals surface area contributed by atoms with Crippen LogP contribution in [0.25, 0.3) is 0 Å². The molecule has 2 aromatic rings. The molecule has 126 valence electrons. The molecule has 0 atom stereocenters. The zero-order valence-corrected chi connectivity index (χ0v) is 13.7. The number of para-hydroxylation sites is 1. The Bertz CT molecular complexity index is 813. The molecule has 0 aliphatic carbocycles. The topological polar surface area (TPSA) is 66.6 Å². The van der Waals surface area contributed by atoms with E-state index in [-0.39, 0.29) is 18.2 Å². The average Bonchev–Trinajstić information content (AvgIpc) is 2.68. The number of carbonyl (C=O) groups excluding carboxylic acids is 2. The number of hydrogen-bond acceptors (Lipinski definition) is 4. The smallest absolute Gasteiger partial charge is 0.270 e. The SMILES string of the molecule is NN(C(=O)C1=CN(CC(=O)c2ccccc2)C=CC1)c1ccccc1. The summed E-state index contributed by atoms with van der Waals surface area (Å²) in [5.41, 5.74) is 1.80. The Labute approximate surface area is 146 Å². The standard InChI is InChI=1S/C20H19N3O2/c21-23(18-11-5-2-6-12-18)20(25)17-10-7-13-22(14-17)15-19(24)16-8-3-1-4-9-16/h1-9,11-14H,10,15,21H2.